The molecule has 2 amide bonds. The Hall–Kier alpha value is -3.05. The van der Waals surface area contributed by atoms with E-state index in [2.05, 4.69) is 15.6 Å². The van der Waals surface area contributed by atoms with Crippen molar-refractivity contribution in [3.63, 3.8) is 0 Å². The Kier molecular flexibility index (Phi) is 6.32. The molecule has 3 N–H and O–H groups in total. The molecule has 1 unspecified atom stereocenters. The minimum atomic E-state index is -1.03. The molecule has 1 aromatic carbocycles. The maximum Gasteiger partial charge on any atom is 0.324 e. The number of anilines is 1. The Labute approximate surface area is 176 Å². The summed E-state index contributed by atoms with van der Waals surface area (Å²) < 4.78 is 6.09. The van der Waals surface area contributed by atoms with E-state index in [1.165, 1.54) is 0 Å². The van der Waals surface area contributed by atoms with Crippen LogP contribution >= 0.6 is 12.4 Å². The number of hydrogen-bond donors (Lipinski definition) is 2. The number of fused-ring (bicyclic) bond motifs is 1. The van der Waals surface area contributed by atoms with Crippen LogP contribution in [0.3, 0.4) is 0 Å². The molecule has 2 atom stereocenters. The molecule has 11 nitrogen and oxygen atoms in total. The summed E-state index contributed by atoms with van der Waals surface area (Å²) in [4.78, 5) is 50.9. The minimum absolute atomic E-state index is 0. The third kappa shape index (κ3) is 3.85. The highest BCUT2D eigenvalue weighted by Crippen LogP contribution is 2.23. The largest absolute Gasteiger partial charge is 0.443 e. The zero-order valence-electron chi connectivity index (χ0n) is 15.9. The van der Waals surface area contributed by atoms with Crippen molar-refractivity contribution >= 4 is 46.8 Å². The van der Waals surface area contributed by atoms with Gasteiger partial charge in [0.05, 0.1) is 5.39 Å². The van der Waals surface area contributed by atoms with Gasteiger partial charge in [0.25, 0.3) is 11.5 Å². The fourth-order valence-electron chi connectivity index (χ4n) is 3.63. The Balaban J connectivity index is 0.00000256. The topological polar surface area (TPSA) is 150 Å². The van der Waals surface area contributed by atoms with Crippen molar-refractivity contribution in [1.82, 2.24) is 25.2 Å². The minimum Gasteiger partial charge on any atom is -0.443 e. The zero-order chi connectivity index (χ0) is 20.5. The van der Waals surface area contributed by atoms with Gasteiger partial charge in [-0.2, -0.15) is 4.68 Å². The van der Waals surface area contributed by atoms with Crippen LogP contribution in [0.2, 0.25) is 0 Å². The lowest BCUT2D eigenvalue weighted by molar-refractivity contribution is -0.164. The Morgan fingerprint density at radius 1 is 1.27 bits per heavy atom. The summed E-state index contributed by atoms with van der Waals surface area (Å²) in [7, 11) is 0. The third-order valence-corrected chi connectivity index (χ3v) is 5.21. The van der Waals surface area contributed by atoms with Crippen LogP contribution in [-0.2, 0) is 19.1 Å². The molecule has 30 heavy (non-hydrogen) atoms. The number of hydrogen-bond acceptors (Lipinski definition) is 9. The number of nitrogens with two attached hydrogens (primary N) is 1. The first-order valence-electron chi connectivity index (χ1n) is 9.35. The highest BCUT2D eigenvalue weighted by molar-refractivity contribution is 5.99. The van der Waals surface area contributed by atoms with Gasteiger partial charge >= 0.3 is 5.97 Å². The lowest BCUT2D eigenvalue weighted by Crippen LogP contribution is -2.50. The van der Waals surface area contributed by atoms with E-state index in [9.17, 15) is 19.2 Å². The molecule has 0 bridgehead atoms. The van der Waals surface area contributed by atoms with Crippen molar-refractivity contribution < 1.29 is 19.1 Å². The number of aromatic nitrogens is 3. The summed E-state index contributed by atoms with van der Waals surface area (Å²) in [6.07, 6.45) is 1.61. The van der Waals surface area contributed by atoms with Gasteiger partial charge in [0.1, 0.15) is 17.6 Å². The van der Waals surface area contributed by atoms with Crippen LogP contribution in [0.15, 0.2) is 23.0 Å². The van der Waals surface area contributed by atoms with Crippen molar-refractivity contribution in [3.8, 4) is 0 Å². The molecular formula is C18H21ClN6O5. The molecule has 0 spiro atoms. The van der Waals surface area contributed by atoms with E-state index in [4.69, 9.17) is 10.5 Å². The molecule has 2 aliphatic heterocycles. The number of amides is 2. The van der Waals surface area contributed by atoms with Gasteiger partial charge in [-0.25, -0.2) is 4.90 Å². The Morgan fingerprint density at radius 2 is 2.07 bits per heavy atom. The monoisotopic (exact) mass is 436 g/mol. The number of nitrogens with zero attached hydrogens (tertiary/aromatic N) is 4. The van der Waals surface area contributed by atoms with Crippen LogP contribution in [0.1, 0.15) is 31.7 Å². The van der Waals surface area contributed by atoms with Gasteiger partial charge in [-0.3, -0.25) is 19.2 Å². The van der Waals surface area contributed by atoms with E-state index in [-0.39, 0.29) is 36.3 Å². The first-order valence-corrected chi connectivity index (χ1v) is 9.35. The fraction of sp³-hybridized carbons (Fsp3) is 0.444. The molecular weight excluding hydrogens is 416 g/mol. The number of halogens is 1. The molecule has 0 radical (unpaired) electrons. The number of benzene rings is 1. The number of carbonyl (C=O) groups excluding carboxylic acids is 3. The quantitative estimate of drug-likeness (QED) is 0.375. The van der Waals surface area contributed by atoms with Crippen LogP contribution < -0.4 is 16.6 Å². The van der Waals surface area contributed by atoms with Gasteiger partial charge in [-0.15, -0.1) is 17.5 Å². The molecule has 0 aliphatic carbocycles. The molecule has 2 saturated heterocycles. The molecule has 3 heterocycles. The predicted octanol–water partition coefficient (Wildman–Crippen LogP) is -0.262. The van der Waals surface area contributed by atoms with E-state index < -0.39 is 42.2 Å². The van der Waals surface area contributed by atoms with E-state index in [0.717, 1.165) is 22.5 Å². The molecule has 12 heteroatoms. The van der Waals surface area contributed by atoms with Gasteiger partial charge < -0.3 is 15.8 Å². The average molecular weight is 437 g/mol. The normalized spacial score (nSPS) is 21.5. The number of rotatable bonds is 4. The predicted molar refractivity (Wildman–Crippen MR) is 108 cm³/mol. The second-order valence-electron chi connectivity index (χ2n) is 7.04. The molecule has 2 aliphatic rings. The third-order valence-electron chi connectivity index (χ3n) is 5.21. The molecule has 4 rings (SSSR count). The lowest BCUT2D eigenvalue weighted by atomic mass is 10.0. The van der Waals surface area contributed by atoms with Gasteiger partial charge in [-0.05, 0) is 37.9 Å². The average Bonchev–Trinajstić information content (AvgIpc) is 3.24. The van der Waals surface area contributed by atoms with Crippen molar-refractivity contribution in [3.05, 3.63) is 28.6 Å². The highest BCUT2D eigenvalue weighted by Gasteiger charge is 2.38. The van der Waals surface area contributed by atoms with Crippen LogP contribution in [0.4, 0.5) is 5.69 Å². The lowest BCUT2D eigenvalue weighted by Gasteiger charge is -2.30. The second kappa shape index (κ2) is 8.76. The van der Waals surface area contributed by atoms with E-state index in [0.29, 0.717) is 11.9 Å². The Morgan fingerprint density at radius 3 is 2.80 bits per heavy atom. The summed E-state index contributed by atoms with van der Waals surface area (Å²) >= 11 is 0. The summed E-state index contributed by atoms with van der Waals surface area (Å²) in [5.41, 5.74) is 5.87. The number of ether oxygens (including phenoxy) is 1. The zero-order valence-corrected chi connectivity index (χ0v) is 16.8. The van der Waals surface area contributed by atoms with E-state index >= 15 is 0 Å². The molecule has 0 saturated carbocycles. The SMILES string of the molecule is Cl.Nc1cccc2nnn(C3CCC(=O)N(COC(=O)[C@H]4CCCN4)C3=O)c(=O)c12. The summed E-state index contributed by atoms with van der Waals surface area (Å²) in [6, 6.07) is 3.35. The smallest absolute Gasteiger partial charge is 0.324 e. The summed E-state index contributed by atoms with van der Waals surface area (Å²) in [5, 5.41) is 11.0. The number of nitrogens with one attached hydrogen (secondary N) is 1. The van der Waals surface area contributed by atoms with E-state index in [1.807, 2.05) is 0 Å². The van der Waals surface area contributed by atoms with Gasteiger partial charge in [0, 0.05) is 12.1 Å². The summed E-state index contributed by atoms with van der Waals surface area (Å²) in [5.74, 6) is -1.65. The fourth-order valence-corrected chi connectivity index (χ4v) is 3.63. The number of piperidine rings is 1. The molecule has 2 aromatic rings. The number of nitrogen functional groups attached to an aromatic ring is 1. The van der Waals surface area contributed by atoms with Gasteiger partial charge in [-0.1, -0.05) is 11.3 Å². The number of carbonyl (C=O) groups is 3. The van der Waals surface area contributed by atoms with Crippen molar-refractivity contribution in [1.29, 1.82) is 0 Å². The molecule has 160 valence electrons. The van der Waals surface area contributed by atoms with Crippen LogP contribution in [0, 0.1) is 0 Å². The van der Waals surface area contributed by atoms with Crippen molar-refractivity contribution in [2.24, 2.45) is 0 Å². The maximum atomic E-state index is 12.9. The number of esters is 1. The van der Waals surface area contributed by atoms with Crippen molar-refractivity contribution in [2.45, 2.75) is 37.8 Å². The first-order chi connectivity index (χ1) is 14.0. The van der Waals surface area contributed by atoms with Crippen LogP contribution in [-0.4, -0.2) is 57.0 Å². The highest BCUT2D eigenvalue weighted by atomic mass is 35.5. The second-order valence-corrected chi connectivity index (χ2v) is 7.04. The van der Waals surface area contributed by atoms with Crippen molar-refractivity contribution in [2.75, 3.05) is 19.0 Å². The summed E-state index contributed by atoms with van der Waals surface area (Å²) in [6.45, 7) is 0.221. The Bertz CT molecular complexity index is 1050. The molecule has 2 fully saturated rings. The maximum absolute atomic E-state index is 12.9. The van der Waals surface area contributed by atoms with Gasteiger partial charge in [0.15, 0.2) is 6.73 Å². The van der Waals surface area contributed by atoms with Crippen LogP contribution in [0.5, 0.6) is 0 Å². The van der Waals surface area contributed by atoms with E-state index in [1.54, 1.807) is 18.2 Å². The number of likely N-dealkylation sites (tertiary alicyclic amines) is 1. The standard InChI is InChI=1S/C18H20N6O5.ClH/c19-10-3-1-4-11-15(10)17(27)24(22-21-11)13-6-7-14(25)23(16(13)26)9-29-18(28)12-5-2-8-20-12;/h1,3-4,12-13,20H,2,5-9,19H2;1H/t12-,13?;/m1./s1. The van der Waals surface area contributed by atoms with Gasteiger partial charge in [0.2, 0.25) is 5.91 Å². The first kappa shape index (κ1) is 21.7. The molecule has 1 aromatic heterocycles. The number of imide groups is 1. The van der Waals surface area contributed by atoms with Crippen LogP contribution in [0.25, 0.3) is 10.9 Å².